The van der Waals surface area contributed by atoms with Gasteiger partial charge in [-0.3, -0.25) is 52.6 Å². The largest absolute Gasteiger partial charge is 0.508 e. The number of phenols is 3. The number of carbonyl (C=O) groups is 9. The minimum Gasteiger partial charge on any atom is -0.508 e. The summed E-state index contributed by atoms with van der Waals surface area (Å²) >= 11 is 20.4. The van der Waals surface area contributed by atoms with E-state index in [2.05, 4.69) is 58.3 Å². The van der Waals surface area contributed by atoms with Crippen molar-refractivity contribution < 1.29 is 122 Å². The molecule has 7 aromatic rings. The van der Waals surface area contributed by atoms with Crippen LogP contribution in [-0.2, 0) is 68.7 Å². The molecule has 2 fully saturated rings. The minimum atomic E-state index is -2.39. The number of ether oxygens (including phenoxy) is 6. The van der Waals surface area contributed by atoms with Crippen LogP contribution in [0.25, 0.3) is 17.2 Å². The van der Waals surface area contributed by atoms with Gasteiger partial charge >= 0.3 is 5.69 Å². The van der Waals surface area contributed by atoms with Crippen LogP contribution < -0.4 is 79.0 Å². The van der Waals surface area contributed by atoms with E-state index < -0.39 is 254 Å². The first-order valence-corrected chi connectivity index (χ1v) is 42.0. The highest BCUT2D eigenvalue weighted by Gasteiger charge is 2.52. The highest BCUT2D eigenvalue weighted by molar-refractivity contribution is 6.32. The molecular formula is C86H99Cl3N14O26. The maximum Gasteiger partial charge on any atom is 0.349 e. The van der Waals surface area contributed by atoms with Crippen molar-refractivity contribution in [3.8, 4) is 57.1 Å². The quantitative estimate of drug-likeness (QED) is 0.0222. The van der Waals surface area contributed by atoms with Gasteiger partial charge in [0, 0.05) is 59.5 Å². The van der Waals surface area contributed by atoms with Gasteiger partial charge in [0.1, 0.15) is 101 Å². The summed E-state index contributed by atoms with van der Waals surface area (Å²) in [7, 11) is 5.05. The third-order valence-electron chi connectivity index (χ3n) is 22.1. The zero-order valence-electron chi connectivity index (χ0n) is 70.4. The van der Waals surface area contributed by atoms with Crippen LogP contribution in [0.15, 0.2) is 126 Å². The number of halogens is 3. The summed E-state index contributed by atoms with van der Waals surface area (Å²) in [6.45, 7) is 6.01. The molecule has 0 spiro atoms. The van der Waals surface area contributed by atoms with Crippen LogP contribution in [0.4, 0.5) is 5.82 Å². The molecule has 2 saturated heterocycles. The number of phenolic OH excluding ortho intramolecular Hbond substituents is 3. The van der Waals surface area contributed by atoms with Crippen molar-refractivity contribution in [2.24, 2.45) is 11.7 Å². The van der Waals surface area contributed by atoms with E-state index in [0.29, 0.717) is 23.6 Å². The molecule has 21 N–H and O–H groups in total. The van der Waals surface area contributed by atoms with E-state index in [1.165, 1.54) is 61.2 Å². The number of hydrogen-bond donors (Lipinski definition) is 20. The van der Waals surface area contributed by atoms with Crippen LogP contribution >= 0.6 is 34.8 Å². The van der Waals surface area contributed by atoms with Gasteiger partial charge in [0.25, 0.3) is 5.91 Å². The molecule has 129 heavy (non-hydrogen) atoms. The molecule has 8 heterocycles. The first kappa shape index (κ1) is 96.4. The van der Waals surface area contributed by atoms with Gasteiger partial charge in [0.15, 0.2) is 23.9 Å². The lowest BCUT2D eigenvalue weighted by Gasteiger charge is -2.48. The van der Waals surface area contributed by atoms with Crippen LogP contribution in [0.3, 0.4) is 0 Å². The summed E-state index contributed by atoms with van der Waals surface area (Å²) in [6, 6.07) is 7.76. The Kier molecular flexibility index (Phi) is 31.3. The zero-order valence-corrected chi connectivity index (χ0v) is 72.7. The molecule has 14 rings (SSSR count). The van der Waals surface area contributed by atoms with Gasteiger partial charge in [-0.2, -0.15) is 4.98 Å². The average Bonchev–Trinajstić information content (AvgIpc) is 0.762. The Morgan fingerprint density at radius 1 is 0.736 bits per heavy atom. The molecule has 0 radical (unpaired) electrons. The van der Waals surface area contributed by atoms with Crippen LogP contribution in [-0.4, -0.2) is 240 Å². The van der Waals surface area contributed by atoms with Crippen molar-refractivity contribution in [3.63, 3.8) is 0 Å². The van der Waals surface area contributed by atoms with Crippen LogP contribution in [0, 0.1) is 5.92 Å². The fraction of sp³-hybridized carbons (Fsp3) is 0.407. The number of aliphatic hydroxyl groups is 6. The highest BCUT2D eigenvalue weighted by atomic mass is 35.5. The van der Waals surface area contributed by atoms with Gasteiger partial charge in [0.2, 0.25) is 59.3 Å². The Balaban J connectivity index is 0.994. The average molecular weight is 1850 g/mol. The summed E-state index contributed by atoms with van der Waals surface area (Å²) in [6.07, 6.45) is -15.0. The molecule has 690 valence electrons. The molecule has 9 amide bonds. The maximum absolute atomic E-state index is 16.4. The molecule has 0 saturated carbocycles. The number of nitrogens with two attached hydrogens (primary N) is 1. The van der Waals surface area contributed by atoms with Crippen molar-refractivity contribution in [3.05, 3.63) is 180 Å². The van der Waals surface area contributed by atoms with E-state index in [1.807, 2.05) is 18.7 Å². The van der Waals surface area contributed by atoms with Gasteiger partial charge in [-0.25, -0.2) is 10.3 Å². The summed E-state index contributed by atoms with van der Waals surface area (Å²) < 4.78 is 40.7. The minimum absolute atomic E-state index is 0.0342. The molecule has 16 unspecified atom stereocenters. The smallest absolute Gasteiger partial charge is 0.349 e. The number of carbonyl (C=O) groups excluding carboxylic acids is 9. The Bertz CT molecular complexity index is 5460. The number of aliphatic hydroxyl groups excluding tert-OH is 6. The second-order valence-electron chi connectivity index (χ2n) is 32.3. The second-order valence-corrected chi connectivity index (χ2v) is 33.6. The first-order valence-electron chi connectivity index (χ1n) is 40.9. The van der Waals surface area contributed by atoms with Crippen molar-refractivity contribution in [2.75, 3.05) is 52.8 Å². The normalized spacial score (nSPS) is 25.6. The van der Waals surface area contributed by atoms with Crippen molar-refractivity contribution in [1.29, 1.82) is 0 Å². The number of nitrogens with one attached hydrogen (secondary N) is 10. The van der Waals surface area contributed by atoms with Gasteiger partial charge in [-0.15, -0.1) is 0 Å². The van der Waals surface area contributed by atoms with E-state index in [4.69, 9.17) is 73.8 Å². The third-order valence-corrected chi connectivity index (χ3v) is 22.9. The number of anilines is 1. The summed E-state index contributed by atoms with van der Waals surface area (Å²) in [5.41, 5.74) is 3.95. The summed E-state index contributed by atoms with van der Waals surface area (Å²) in [5.74, 6) is -16.1. The number of hydrogen-bond acceptors (Lipinski definition) is 30. The number of rotatable bonds is 25. The van der Waals surface area contributed by atoms with E-state index in [9.17, 15) is 69.9 Å². The Morgan fingerprint density at radius 2 is 1.39 bits per heavy atom. The third kappa shape index (κ3) is 23.0. The molecule has 1 aromatic heterocycles. The molecule has 7 aliphatic rings. The Labute approximate surface area is 752 Å². The number of aromatic nitrogens is 2. The lowest BCUT2D eigenvalue weighted by atomic mass is 9.85. The van der Waals surface area contributed by atoms with Gasteiger partial charge in [0.05, 0.1) is 47.9 Å². The molecule has 7 aliphatic heterocycles. The molecule has 0 aliphatic carbocycles. The number of likely N-dealkylation sites (N-methyl/N-ethyl adjacent to an activating group) is 1. The van der Waals surface area contributed by atoms with Crippen molar-refractivity contribution in [1.82, 2.24) is 62.5 Å². The van der Waals surface area contributed by atoms with E-state index in [-0.39, 0.29) is 66.7 Å². The molecule has 18 atom stereocenters. The topological polar surface area (TPSA) is 585 Å². The lowest BCUT2D eigenvalue weighted by Crippen LogP contribution is -2.65. The monoisotopic (exact) mass is 1850 g/mol. The number of benzene rings is 6. The molecule has 43 heteroatoms. The summed E-state index contributed by atoms with van der Waals surface area (Å²) in [5, 5.41) is 130. The number of aromatic hydroxyl groups is 3. The molecule has 40 nitrogen and oxygen atoms in total. The molecule has 6 aromatic carbocycles. The number of fused-ring (bicyclic) bond motifs is 15. The van der Waals surface area contributed by atoms with Gasteiger partial charge in [-0.05, 0) is 173 Å². The summed E-state index contributed by atoms with van der Waals surface area (Å²) in [4.78, 5) is 158. The molecule has 11 bridgehead atoms. The Morgan fingerprint density at radius 3 is 2.02 bits per heavy atom. The lowest BCUT2D eigenvalue weighted by molar-refractivity contribution is -0.334. The van der Waals surface area contributed by atoms with Crippen LogP contribution in [0.1, 0.15) is 117 Å². The number of primary amides is 1. The standard InChI is InChI=1S/C86H99Cl3N14O26/c1-38(2)27-51(91-5)77(115)99-68-70(110)42-13-18-55(49(88)29-42)125-57-31-44-32-58(74(57)129-84-75(73(113)72(112)59(37-104)127-84)128-63-36-86(4,76(114)39(3)124-63)92-22-25-103-24-21-61(95-85(103)122)94-62(109)20-11-40-9-15-45(87)16-10-40)126-56-19-14-43(30-50(56)89)71(111)69-82(120)98-67(83(121)101-123-26-8-23-102(6)7)48-33-46(105)34-54(107)64(48)47-28-41(12-17-53(47)106)65(79(117)100-69)97-80(118)66(44)96-78(116)52(35-60(90)108)93-81(68)119/h9-21,24,28-34,38-39,51-52,59,63,65-73,75-76,84,91-92,104-107,110-114H,8,22-23,25-27,35-37H2,1-7H3,(H2,90,108)(H,93,119)(H,96,116)(H,97,118)(H,98,120)(H,99,115)(H,100,117)(H,101,121)(H,94,95,109,122)/b20-11+/t39?,51?,52?,59?,63?,65?,66?,67-,68?,69?,70?,71?,72?,73?,75?,76?,84?,86-/m1/s1. The van der Waals surface area contributed by atoms with Crippen molar-refractivity contribution in [2.45, 2.75) is 169 Å². The first-order chi connectivity index (χ1) is 61.3. The van der Waals surface area contributed by atoms with Gasteiger partial charge < -0.3 is 133 Å². The fourth-order valence-corrected chi connectivity index (χ4v) is 15.9. The van der Waals surface area contributed by atoms with E-state index in [1.54, 1.807) is 45.3 Å². The fourth-order valence-electron chi connectivity index (χ4n) is 15.3. The molecular weight excluding hydrogens is 1750 g/mol. The van der Waals surface area contributed by atoms with Crippen molar-refractivity contribution >= 4 is 99.9 Å². The zero-order chi connectivity index (χ0) is 93.3. The number of amides is 9. The highest BCUT2D eigenvalue weighted by Crippen LogP contribution is 2.50. The van der Waals surface area contributed by atoms with Crippen LogP contribution in [0.2, 0.25) is 15.1 Å². The maximum atomic E-state index is 16.4. The van der Waals surface area contributed by atoms with E-state index in [0.717, 1.165) is 60.7 Å². The number of hydroxylamine groups is 1. The van der Waals surface area contributed by atoms with E-state index >= 15 is 24.0 Å². The van der Waals surface area contributed by atoms with Gasteiger partial charge in [-0.1, -0.05) is 79.0 Å². The van der Waals surface area contributed by atoms with Crippen LogP contribution in [0.5, 0.6) is 46.0 Å². The SMILES string of the molecule is CNC(CC(C)C)C(=O)NC1C(=O)NC(CC(N)=O)C(=O)NC2C(=O)NC3C(=O)NC(C(=O)N[C@@H](C(=O)NOCCCN(C)C)c4cc(O)cc(O)c4-c4cc3ccc4O)C(O)c3ccc(c(Cl)c3)Oc3cc2cc(c3OC2OC(CO)C(O)C(O)C2OC2C[C@@](C)(NCCn3ccc(NC(=O)/C=C/c4ccc(Cl)cc4)nc3=O)C(O)C(C)O2)Oc2ccc(cc2Cl)C1O. The predicted octanol–water partition coefficient (Wildman–Crippen LogP) is 2.21. The number of nitrogens with zero attached hydrogens (tertiary/aromatic N) is 3. The predicted molar refractivity (Wildman–Crippen MR) is 460 cm³/mol. The Hall–Kier alpha value is -11.7. The second kappa shape index (κ2) is 41.8.